The Morgan fingerprint density at radius 1 is 1.25 bits per heavy atom. The topological polar surface area (TPSA) is 58.1 Å². The number of hydrogen-bond donors (Lipinski definition) is 2. The molecule has 0 aromatic heterocycles. The number of rotatable bonds is 11. The molecule has 0 saturated carbocycles. The molecule has 0 amide bonds. The summed E-state index contributed by atoms with van der Waals surface area (Å²) in [7, 11) is 4.18. The van der Waals surface area contributed by atoms with Gasteiger partial charge in [-0.1, -0.05) is 24.3 Å². The Balaban J connectivity index is 0.00000392. The van der Waals surface area contributed by atoms with Crippen LogP contribution < -0.4 is 10.6 Å². The molecule has 7 heteroatoms. The number of guanidine groups is 1. The number of nitrogens with zero attached hydrogens (tertiary/aromatic N) is 2. The third kappa shape index (κ3) is 10.0. The molecular formula is C21H37IN4O2. The van der Waals surface area contributed by atoms with Crippen LogP contribution in [0.5, 0.6) is 0 Å². The van der Waals surface area contributed by atoms with Crippen LogP contribution in [-0.2, 0) is 22.6 Å². The lowest BCUT2D eigenvalue weighted by molar-refractivity contribution is 0.0888. The van der Waals surface area contributed by atoms with Crippen molar-refractivity contribution in [2.24, 2.45) is 10.9 Å². The number of ether oxygens (including phenoxy) is 2. The Morgan fingerprint density at radius 2 is 2.04 bits per heavy atom. The van der Waals surface area contributed by atoms with Crippen LogP contribution in [0.15, 0.2) is 29.3 Å². The smallest absolute Gasteiger partial charge is 0.191 e. The normalized spacial score (nSPS) is 16.9. The lowest BCUT2D eigenvalue weighted by Gasteiger charge is -2.15. The summed E-state index contributed by atoms with van der Waals surface area (Å²) in [6, 6.07) is 8.51. The Kier molecular flexibility index (Phi) is 13.5. The van der Waals surface area contributed by atoms with Crippen LogP contribution in [0.4, 0.5) is 0 Å². The summed E-state index contributed by atoms with van der Waals surface area (Å²) < 4.78 is 11.1. The van der Waals surface area contributed by atoms with Crippen LogP contribution in [0, 0.1) is 5.92 Å². The van der Waals surface area contributed by atoms with E-state index in [9.17, 15) is 0 Å². The minimum absolute atomic E-state index is 0. The average molecular weight is 504 g/mol. The Morgan fingerprint density at radius 3 is 2.71 bits per heavy atom. The fraction of sp³-hybridized carbons (Fsp3) is 0.667. The van der Waals surface area contributed by atoms with Gasteiger partial charge in [-0.3, -0.25) is 0 Å². The lowest BCUT2D eigenvalue weighted by Crippen LogP contribution is -2.38. The second-order valence-corrected chi connectivity index (χ2v) is 7.29. The van der Waals surface area contributed by atoms with Crippen molar-refractivity contribution in [1.82, 2.24) is 15.5 Å². The molecule has 6 nitrogen and oxygen atoms in total. The maximum atomic E-state index is 5.76. The van der Waals surface area contributed by atoms with Gasteiger partial charge in [0.15, 0.2) is 5.96 Å². The van der Waals surface area contributed by atoms with Gasteiger partial charge in [0.1, 0.15) is 0 Å². The van der Waals surface area contributed by atoms with Crippen molar-refractivity contribution in [1.29, 1.82) is 0 Å². The molecule has 1 atom stereocenters. The third-order valence-electron chi connectivity index (χ3n) is 4.49. The first-order chi connectivity index (χ1) is 13.2. The van der Waals surface area contributed by atoms with Crippen LogP contribution in [-0.4, -0.2) is 64.5 Å². The van der Waals surface area contributed by atoms with Crippen LogP contribution in [0.3, 0.4) is 0 Å². The molecule has 1 saturated heterocycles. The van der Waals surface area contributed by atoms with E-state index >= 15 is 0 Å². The molecule has 0 radical (unpaired) electrons. The Labute approximate surface area is 187 Å². The van der Waals surface area contributed by atoms with E-state index in [4.69, 9.17) is 14.5 Å². The fourth-order valence-corrected chi connectivity index (χ4v) is 3.06. The maximum Gasteiger partial charge on any atom is 0.191 e. The van der Waals surface area contributed by atoms with E-state index in [-0.39, 0.29) is 24.0 Å². The van der Waals surface area contributed by atoms with Gasteiger partial charge in [0, 0.05) is 38.8 Å². The van der Waals surface area contributed by atoms with E-state index in [1.165, 1.54) is 11.1 Å². The van der Waals surface area contributed by atoms with Crippen molar-refractivity contribution in [3.63, 3.8) is 0 Å². The third-order valence-corrected chi connectivity index (χ3v) is 4.49. The van der Waals surface area contributed by atoms with Gasteiger partial charge in [0.2, 0.25) is 0 Å². The van der Waals surface area contributed by atoms with Gasteiger partial charge in [-0.2, -0.15) is 0 Å². The quantitative estimate of drug-likeness (QED) is 0.210. The van der Waals surface area contributed by atoms with Gasteiger partial charge in [0.05, 0.1) is 19.8 Å². The highest BCUT2D eigenvalue weighted by Gasteiger charge is 2.15. The molecule has 28 heavy (non-hydrogen) atoms. The SMILES string of the molecule is CCNC(=NCc1ccccc1CN(C)C)NCCCOCC1CCOC1.I. The van der Waals surface area contributed by atoms with E-state index < -0.39 is 0 Å². The van der Waals surface area contributed by atoms with Gasteiger partial charge in [-0.15, -0.1) is 24.0 Å². The molecule has 1 aromatic carbocycles. The van der Waals surface area contributed by atoms with E-state index in [1.807, 2.05) is 0 Å². The highest BCUT2D eigenvalue weighted by atomic mass is 127. The molecule has 160 valence electrons. The van der Waals surface area contributed by atoms with Crippen LogP contribution in [0.25, 0.3) is 0 Å². The predicted molar refractivity (Wildman–Crippen MR) is 126 cm³/mol. The van der Waals surface area contributed by atoms with Gasteiger partial charge in [0.25, 0.3) is 0 Å². The molecule has 1 unspecified atom stereocenters. The minimum atomic E-state index is 0. The molecule has 1 fully saturated rings. The van der Waals surface area contributed by atoms with Crippen molar-refractivity contribution in [3.8, 4) is 0 Å². The molecule has 1 aromatic rings. The highest BCUT2D eigenvalue weighted by molar-refractivity contribution is 14.0. The standard InChI is InChI=1S/C21H36N4O2.HI/c1-4-22-21(23-11-7-12-26-16-18-10-13-27-17-18)24-14-19-8-5-6-9-20(19)15-25(2)3;/h5-6,8-9,18H,4,7,10-17H2,1-3H3,(H2,22,23,24);1H. The number of benzene rings is 1. The van der Waals surface area contributed by atoms with Gasteiger partial charge >= 0.3 is 0 Å². The zero-order valence-electron chi connectivity index (χ0n) is 17.6. The summed E-state index contributed by atoms with van der Waals surface area (Å²) in [5.74, 6) is 1.44. The first-order valence-electron chi connectivity index (χ1n) is 10.1. The van der Waals surface area contributed by atoms with E-state index in [0.717, 1.165) is 64.9 Å². The van der Waals surface area contributed by atoms with Crippen molar-refractivity contribution in [2.75, 3.05) is 53.6 Å². The molecule has 2 rings (SSSR count). The lowest BCUT2D eigenvalue weighted by atomic mass is 10.1. The molecule has 0 spiro atoms. The molecule has 0 aliphatic carbocycles. The first-order valence-corrected chi connectivity index (χ1v) is 10.1. The monoisotopic (exact) mass is 504 g/mol. The number of halogens is 1. The van der Waals surface area contributed by atoms with Gasteiger partial charge < -0.3 is 25.0 Å². The van der Waals surface area contributed by atoms with Crippen molar-refractivity contribution < 1.29 is 9.47 Å². The van der Waals surface area contributed by atoms with Crippen molar-refractivity contribution >= 4 is 29.9 Å². The summed E-state index contributed by atoms with van der Waals surface area (Å²) in [6.07, 6.45) is 2.10. The Bertz CT molecular complexity index is 563. The number of hydrogen-bond acceptors (Lipinski definition) is 4. The van der Waals surface area contributed by atoms with Crippen LogP contribution in [0.2, 0.25) is 0 Å². The number of nitrogens with one attached hydrogen (secondary N) is 2. The van der Waals surface area contributed by atoms with Crippen molar-refractivity contribution in [2.45, 2.75) is 32.9 Å². The molecule has 1 heterocycles. The maximum absolute atomic E-state index is 5.76. The van der Waals surface area contributed by atoms with Crippen LogP contribution in [0.1, 0.15) is 30.9 Å². The zero-order valence-corrected chi connectivity index (χ0v) is 19.9. The molecule has 1 aliphatic heterocycles. The molecule has 0 bridgehead atoms. The summed E-state index contributed by atoms with van der Waals surface area (Å²) in [5, 5.41) is 6.72. The summed E-state index contributed by atoms with van der Waals surface area (Å²) in [5.41, 5.74) is 2.59. The van der Waals surface area contributed by atoms with E-state index in [0.29, 0.717) is 12.5 Å². The average Bonchev–Trinajstić information content (AvgIpc) is 3.16. The Hall–Kier alpha value is -0.900. The van der Waals surface area contributed by atoms with Gasteiger partial charge in [-0.05, 0) is 45.0 Å². The van der Waals surface area contributed by atoms with Gasteiger partial charge in [-0.25, -0.2) is 4.99 Å². The zero-order chi connectivity index (χ0) is 19.3. The molecular weight excluding hydrogens is 467 g/mol. The summed E-state index contributed by atoms with van der Waals surface area (Å²) in [6.45, 7) is 8.72. The summed E-state index contributed by atoms with van der Waals surface area (Å²) in [4.78, 5) is 6.94. The minimum Gasteiger partial charge on any atom is -0.381 e. The second-order valence-electron chi connectivity index (χ2n) is 7.29. The largest absolute Gasteiger partial charge is 0.381 e. The van der Waals surface area contributed by atoms with E-state index in [1.54, 1.807) is 0 Å². The first kappa shape index (κ1) is 25.1. The van der Waals surface area contributed by atoms with Crippen molar-refractivity contribution in [3.05, 3.63) is 35.4 Å². The van der Waals surface area contributed by atoms with E-state index in [2.05, 4.69) is 60.8 Å². The predicted octanol–water partition coefficient (Wildman–Crippen LogP) is 2.86. The molecule has 1 aliphatic rings. The fourth-order valence-electron chi connectivity index (χ4n) is 3.06. The molecule has 2 N–H and O–H groups in total. The van der Waals surface area contributed by atoms with Crippen LogP contribution >= 0.6 is 24.0 Å². The second kappa shape index (κ2) is 15.0. The summed E-state index contributed by atoms with van der Waals surface area (Å²) >= 11 is 0. The number of aliphatic imine (C=N–C) groups is 1. The highest BCUT2D eigenvalue weighted by Crippen LogP contribution is 2.12.